The number of aliphatic hydroxyl groups is 4. The topological polar surface area (TPSA) is 157 Å². The number of para-hydroxylation sites is 2. The van der Waals surface area contributed by atoms with Gasteiger partial charge in [-0.3, -0.25) is 10.1 Å². The number of nitrogens with zero attached hydrogens (tertiary/aromatic N) is 3. The second-order valence-electron chi connectivity index (χ2n) is 12.9. The molecule has 2 saturated carbocycles. The lowest BCUT2D eigenvalue weighted by Gasteiger charge is -2.39. The third-order valence-electron chi connectivity index (χ3n) is 9.33. The highest BCUT2D eigenvalue weighted by atomic mass is 35.5. The lowest BCUT2D eigenvalue weighted by Crippen LogP contribution is -2.53. The molecule has 11 nitrogen and oxygen atoms in total. The number of aliphatic carboxylic acids is 1. The van der Waals surface area contributed by atoms with E-state index in [4.69, 9.17) is 28.3 Å². The lowest BCUT2D eigenvalue weighted by atomic mass is 10.0. The van der Waals surface area contributed by atoms with Crippen LogP contribution < -0.4 is 15.1 Å². The maximum atomic E-state index is 13.8. The number of carbonyl (C=O) groups excluding carboxylic acids is 1. The van der Waals surface area contributed by atoms with E-state index in [9.17, 15) is 30.0 Å². The van der Waals surface area contributed by atoms with E-state index in [1.165, 1.54) is 12.8 Å². The van der Waals surface area contributed by atoms with Crippen molar-refractivity contribution in [1.29, 1.82) is 0 Å². The van der Waals surface area contributed by atoms with Crippen LogP contribution in [0.4, 0.5) is 11.4 Å². The Hall–Kier alpha value is -2.48. The van der Waals surface area contributed by atoms with E-state index in [-0.39, 0.29) is 12.5 Å². The molecule has 2 aromatic rings. The summed E-state index contributed by atoms with van der Waals surface area (Å²) in [6, 6.07) is 12.5. The van der Waals surface area contributed by atoms with Gasteiger partial charge in [-0.2, -0.15) is 0 Å². The first kappa shape index (κ1) is 34.8. The molecule has 1 heterocycles. The number of likely N-dealkylation sites (N-methyl/N-ethyl adjacent to an activating group) is 1. The van der Waals surface area contributed by atoms with E-state index in [0.717, 1.165) is 54.7 Å². The second kappa shape index (κ2) is 14.7. The molecule has 6 N–H and O–H groups in total. The third-order valence-corrected chi connectivity index (χ3v) is 10.0. The fourth-order valence-electron chi connectivity index (χ4n) is 6.21. The van der Waals surface area contributed by atoms with Gasteiger partial charge in [-0.25, -0.2) is 4.79 Å². The number of carboxylic acids is 1. The Morgan fingerprint density at radius 1 is 0.978 bits per heavy atom. The van der Waals surface area contributed by atoms with Gasteiger partial charge in [0.15, 0.2) is 6.10 Å². The summed E-state index contributed by atoms with van der Waals surface area (Å²) in [6.07, 6.45) is -1.31. The van der Waals surface area contributed by atoms with E-state index >= 15 is 0 Å². The number of carbonyl (C=O) groups is 2. The zero-order valence-electron chi connectivity index (χ0n) is 26.0. The van der Waals surface area contributed by atoms with Gasteiger partial charge in [-0.1, -0.05) is 35.3 Å². The van der Waals surface area contributed by atoms with Gasteiger partial charge in [0.1, 0.15) is 12.2 Å². The molecular formula is C33H44Cl2N4O7. The monoisotopic (exact) mass is 678 g/mol. The Labute approximate surface area is 279 Å². The molecule has 46 heavy (non-hydrogen) atoms. The largest absolute Gasteiger partial charge is 0.479 e. The number of halogens is 2. The number of aliphatic hydroxyl groups excluding tert-OH is 4. The number of unbranched alkanes of at least 4 members (excludes halogenated alkanes) is 1. The van der Waals surface area contributed by atoms with Crippen LogP contribution in [0.1, 0.15) is 49.7 Å². The maximum absolute atomic E-state index is 13.8. The van der Waals surface area contributed by atoms with Crippen LogP contribution in [-0.2, 0) is 22.6 Å². The van der Waals surface area contributed by atoms with Gasteiger partial charge < -0.3 is 40.2 Å². The first-order valence-corrected chi connectivity index (χ1v) is 16.7. The average molecular weight is 680 g/mol. The van der Waals surface area contributed by atoms with Crippen LogP contribution in [0.25, 0.3) is 0 Å². The molecule has 0 bridgehead atoms. The van der Waals surface area contributed by atoms with Crippen molar-refractivity contribution in [2.24, 2.45) is 0 Å². The van der Waals surface area contributed by atoms with Gasteiger partial charge in [-0.15, -0.1) is 0 Å². The summed E-state index contributed by atoms with van der Waals surface area (Å²) in [4.78, 5) is 30.8. The van der Waals surface area contributed by atoms with E-state index in [1.54, 1.807) is 11.9 Å². The fourth-order valence-corrected chi connectivity index (χ4v) is 6.74. The Kier molecular flexibility index (Phi) is 11.2. The molecule has 3 aliphatic rings. The van der Waals surface area contributed by atoms with Crippen molar-refractivity contribution in [3.8, 4) is 0 Å². The summed E-state index contributed by atoms with van der Waals surface area (Å²) in [6.45, 7) is 2.48. The minimum Gasteiger partial charge on any atom is -0.479 e. The molecule has 4 atom stereocenters. The minimum atomic E-state index is -2.19. The summed E-state index contributed by atoms with van der Waals surface area (Å²) < 4.78 is 0. The van der Waals surface area contributed by atoms with Crippen LogP contribution in [0.15, 0.2) is 36.4 Å². The molecule has 0 radical (unpaired) electrons. The minimum absolute atomic E-state index is 0.0218. The van der Waals surface area contributed by atoms with Gasteiger partial charge in [0.2, 0.25) is 5.91 Å². The molecule has 0 unspecified atom stereocenters. The molecule has 5 rings (SSSR count). The first-order valence-electron chi connectivity index (χ1n) is 15.9. The molecule has 1 aliphatic heterocycles. The van der Waals surface area contributed by atoms with Crippen molar-refractivity contribution >= 4 is 46.5 Å². The SMILES string of the molecule is CN(CCCCc1cc(Cl)c(CNC2(C(=O)N3CCN(C4CC4)c4ccccc43)CC2)cc1Cl)C[C@H](O)[C@@H](O)[C@H](O)[C@H](O)C(=O)O. The number of anilines is 2. The number of rotatable bonds is 16. The second-order valence-corrected chi connectivity index (χ2v) is 13.7. The van der Waals surface area contributed by atoms with E-state index < -0.39 is 35.9 Å². The fraction of sp³-hybridized carbons (Fsp3) is 0.576. The van der Waals surface area contributed by atoms with E-state index in [1.807, 2.05) is 35.2 Å². The smallest absolute Gasteiger partial charge is 0.335 e. The van der Waals surface area contributed by atoms with Crippen LogP contribution >= 0.6 is 23.2 Å². The highest BCUT2D eigenvalue weighted by Crippen LogP contribution is 2.44. The summed E-state index contributed by atoms with van der Waals surface area (Å²) in [7, 11) is 1.73. The van der Waals surface area contributed by atoms with Crippen LogP contribution in [-0.4, -0.2) is 112 Å². The molecule has 0 aromatic heterocycles. The molecule has 252 valence electrons. The van der Waals surface area contributed by atoms with Crippen molar-refractivity contribution < 1.29 is 35.1 Å². The summed E-state index contributed by atoms with van der Waals surface area (Å²) >= 11 is 13.3. The van der Waals surface area contributed by atoms with Crippen molar-refractivity contribution in [3.63, 3.8) is 0 Å². The summed E-state index contributed by atoms with van der Waals surface area (Å²) in [5, 5.41) is 52.8. The molecule has 0 spiro atoms. The van der Waals surface area contributed by atoms with E-state index in [0.29, 0.717) is 42.1 Å². The molecule has 2 aromatic carbocycles. The highest BCUT2D eigenvalue weighted by molar-refractivity contribution is 6.34. The quantitative estimate of drug-likeness (QED) is 0.146. The highest BCUT2D eigenvalue weighted by Gasteiger charge is 2.52. The number of aryl methyl sites for hydroxylation is 1. The molecule has 13 heteroatoms. The van der Waals surface area contributed by atoms with Crippen LogP contribution in [0, 0.1) is 0 Å². The maximum Gasteiger partial charge on any atom is 0.335 e. The number of nitrogens with one attached hydrogen (secondary N) is 1. The molecule has 2 fully saturated rings. The van der Waals surface area contributed by atoms with Crippen molar-refractivity contribution in [2.75, 3.05) is 43.0 Å². The number of amides is 1. The third kappa shape index (κ3) is 7.96. The zero-order valence-corrected chi connectivity index (χ0v) is 27.5. The molecular weight excluding hydrogens is 635 g/mol. The number of carboxylic acid groups (broad SMARTS) is 1. The summed E-state index contributed by atoms with van der Waals surface area (Å²) in [5.74, 6) is -1.58. The molecule has 1 amide bonds. The zero-order chi connectivity index (χ0) is 33.2. The van der Waals surface area contributed by atoms with Gasteiger partial charge in [0.05, 0.1) is 23.0 Å². The van der Waals surface area contributed by atoms with Crippen LogP contribution in [0.5, 0.6) is 0 Å². The number of hydrogen-bond donors (Lipinski definition) is 6. The Morgan fingerprint density at radius 2 is 1.63 bits per heavy atom. The van der Waals surface area contributed by atoms with Gasteiger partial charge in [0, 0.05) is 42.3 Å². The summed E-state index contributed by atoms with van der Waals surface area (Å²) in [5.41, 5.74) is 3.26. The van der Waals surface area contributed by atoms with Gasteiger partial charge in [0.25, 0.3) is 0 Å². The van der Waals surface area contributed by atoms with Crippen molar-refractivity contribution in [3.05, 3.63) is 57.6 Å². The predicted molar refractivity (Wildman–Crippen MR) is 177 cm³/mol. The number of fused-ring (bicyclic) bond motifs is 1. The lowest BCUT2D eigenvalue weighted by molar-refractivity contribution is -0.163. The molecule has 2 aliphatic carbocycles. The van der Waals surface area contributed by atoms with Crippen molar-refractivity contribution in [2.45, 2.75) is 87.5 Å². The predicted octanol–water partition coefficient (Wildman–Crippen LogP) is 2.41. The van der Waals surface area contributed by atoms with Crippen LogP contribution in [0.2, 0.25) is 10.0 Å². The van der Waals surface area contributed by atoms with Gasteiger partial charge in [-0.05, 0) is 93.9 Å². The van der Waals surface area contributed by atoms with Crippen LogP contribution in [0.3, 0.4) is 0 Å². The standard InChI is InChI=1S/C33H44Cl2N4O7/c1-37(19-27(40)28(41)29(42)30(43)31(44)45)13-5-4-6-20-16-24(35)21(17-23(20)34)18-36-33(11-12-33)32(46)39-15-14-38(22-9-10-22)25-7-2-3-8-26(25)39/h2-3,7-8,16-17,22,27-30,36,40-43H,4-6,9-15,18-19H2,1H3,(H,44,45)/t27-,28+,29-,30-/m0/s1. The van der Waals surface area contributed by atoms with E-state index in [2.05, 4.69) is 16.3 Å². The van der Waals surface area contributed by atoms with Crippen molar-refractivity contribution in [1.82, 2.24) is 10.2 Å². The average Bonchev–Trinajstić information content (AvgIpc) is 3.98. The Balaban J connectivity index is 1.09. The first-order chi connectivity index (χ1) is 21.9. The number of benzene rings is 2. The van der Waals surface area contributed by atoms with Gasteiger partial charge >= 0.3 is 5.97 Å². The Bertz CT molecular complexity index is 1410. The Morgan fingerprint density at radius 3 is 2.28 bits per heavy atom. The normalized spacial score (nSPS) is 19.8. The number of hydrogen-bond acceptors (Lipinski definition) is 9. The molecule has 0 saturated heterocycles.